The van der Waals surface area contributed by atoms with E-state index in [4.69, 9.17) is 0 Å². The molecule has 1 N–H and O–H groups in total. The zero-order chi connectivity index (χ0) is 14.8. The number of amides is 1. The van der Waals surface area contributed by atoms with Gasteiger partial charge in [0.2, 0.25) is 5.91 Å². The van der Waals surface area contributed by atoms with E-state index >= 15 is 0 Å². The number of rotatable bonds is 3. The second-order valence-corrected chi connectivity index (χ2v) is 5.96. The van der Waals surface area contributed by atoms with Crippen LogP contribution in [0, 0.1) is 0 Å². The average molecular weight is 282 g/mol. The van der Waals surface area contributed by atoms with E-state index in [1.54, 1.807) is 0 Å². The smallest absolute Gasteiger partial charge is 0.247 e. The van der Waals surface area contributed by atoms with E-state index in [9.17, 15) is 4.79 Å². The molecule has 3 nitrogen and oxygen atoms in total. The number of aromatic nitrogens is 1. The van der Waals surface area contributed by atoms with E-state index in [0.717, 1.165) is 5.69 Å². The minimum absolute atomic E-state index is 0.163. The normalized spacial score (nSPS) is 16.0. The molecule has 0 bridgehead atoms. The number of hydrogen-bond donors (Lipinski definition) is 1. The van der Waals surface area contributed by atoms with Crippen LogP contribution in [0.1, 0.15) is 43.6 Å². The number of nitrogens with zero attached hydrogens (tertiary/aromatic N) is 1. The minimum Gasteiger partial charge on any atom is -0.350 e. The highest BCUT2D eigenvalue weighted by Gasteiger charge is 2.20. The summed E-state index contributed by atoms with van der Waals surface area (Å²) in [6.45, 7) is 3.50. The van der Waals surface area contributed by atoms with E-state index in [1.165, 1.54) is 54.6 Å². The molecule has 1 saturated carbocycles. The van der Waals surface area contributed by atoms with E-state index < -0.39 is 0 Å². The van der Waals surface area contributed by atoms with Crippen molar-refractivity contribution >= 4 is 22.5 Å². The monoisotopic (exact) mass is 282 g/mol. The molecular weight excluding hydrogens is 260 g/mol. The van der Waals surface area contributed by atoms with Crippen LogP contribution < -0.4 is 5.32 Å². The Hall–Kier alpha value is -2.03. The molecule has 0 aliphatic heterocycles. The standard InChI is InChI=1S/C18H22N2O/c1-3-18(21)19-14-9-10-17-15(11-14)16(12-20(17)2)13-7-5-4-6-8-13/h3,9-13H,1,4-8H2,2H3,(H,19,21). The fraction of sp³-hybridized carbons (Fsp3) is 0.389. The van der Waals surface area contributed by atoms with Gasteiger partial charge in [0.05, 0.1) is 0 Å². The van der Waals surface area contributed by atoms with Crippen LogP contribution in [0.4, 0.5) is 5.69 Å². The van der Waals surface area contributed by atoms with Crippen LogP contribution in [0.5, 0.6) is 0 Å². The largest absolute Gasteiger partial charge is 0.350 e. The van der Waals surface area contributed by atoms with E-state index in [1.807, 2.05) is 6.07 Å². The Balaban J connectivity index is 2.01. The third-order valence-corrected chi connectivity index (χ3v) is 4.52. The third-order valence-electron chi connectivity index (χ3n) is 4.52. The van der Waals surface area contributed by atoms with Gasteiger partial charge in [-0.2, -0.15) is 0 Å². The van der Waals surface area contributed by atoms with Crippen molar-refractivity contribution < 1.29 is 4.79 Å². The maximum atomic E-state index is 11.5. The minimum atomic E-state index is -0.163. The Labute approximate surface area is 125 Å². The van der Waals surface area contributed by atoms with E-state index in [0.29, 0.717) is 5.92 Å². The van der Waals surface area contributed by atoms with E-state index in [2.05, 4.69) is 41.8 Å². The van der Waals surface area contributed by atoms with Gasteiger partial charge in [-0.15, -0.1) is 0 Å². The molecule has 21 heavy (non-hydrogen) atoms. The summed E-state index contributed by atoms with van der Waals surface area (Å²) in [6.07, 6.45) is 10.1. The Morgan fingerprint density at radius 1 is 1.33 bits per heavy atom. The van der Waals surface area contributed by atoms with Crippen LogP contribution in [0.15, 0.2) is 37.1 Å². The summed E-state index contributed by atoms with van der Waals surface area (Å²) in [5.41, 5.74) is 3.50. The SMILES string of the molecule is C=CC(=O)Nc1ccc2c(c1)c(C1CCCCC1)cn2C. The van der Waals surface area contributed by atoms with Crippen molar-refractivity contribution in [2.75, 3.05) is 5.32 Å². The summed E-state index contributed by atoms with van der Waals surface area (Å²) < 4.78 is 2.19. The summed E-state index contributed by atoms with van der Waals surface area (Å²) in [5.74, 6) is 0.498. The first-order chi connectivity index (χ1) is 10.2. The molecule has 2 aromatic rings. The zero-order valence-electron chi connectivity index (χ0n) is 12.6. The topological polar surface area (TPSA) is 34.0 Å². The molecule has 1 aliphatic carbocycles. The molecule has 0 saturated heterocycles. The lowest BCUT2D eigenvalue weighted by molar-refractivity contribution is -0.111. The first-order valence-corrected chi connectivity index (χ1v) is 7.71. The van der Waals surface area contributed by atoms with Gasteiger partial charge in [0.15, 0.2) is 0 Å². The van der Waals surface area contributed by atoms with Crippen molar-refractivity contribution in [3.8, 4) is 0 Å². The number of carbonyl (C=O) groups excluding carboxylic acids is 1. The van der Waals surface area contributed by atoms with Gasteiger partial charge < -0.3 is 9.88 Å². The summed E-state index contributed by atoms with van der Waals surface area (Å²) in [7, 11) is 2.09. The Morgan fingerprint density at radius 2 is 2.10 bits per heavy atom. The molecule has 1 fully saturated rings. The van der Waals surface area contributed by atoms with Gasteiger partial charge in [-0.25, -0.2) is 0 Å². The first-order valence-electron chi connectivity index (χ1n) is 7.71. The fourth-order valence-electron chi connectivity index (χ4n) is 3.43. The predicted octanol–water partition coefficient (Wildman–Crippen LogP) is 4.35. The molecular formula is C18H22N2O. The lowest BCUT2D eigenvalue weighted by Gasteiger charge is -2.21. The van der Waals surface area contributed by atoms with Crippen LogP contribution in [-0.4, -0.2) is 10.5 Å². The number of hydrogen-bond acceptors (Lipinski definition) is 1. The van der Waals surface area contributed by atoms with Crippen molar-refractivity contribution in [1.29, 1.82) is 0 Å². The molecule has 0 spiro atoms. The Kier molecular flexibility index (Phi) is 3.82. The number of nitrogens with one attached hydrogen (secondary N) is 1. The zero-order valence-corrected chi connectivity index (χ0v) is 12.6. The lowest BCUT2D eigenvalue weighted by Crippen LogP contribution is -2.07. The molecule has 1 heterocycles. The van der Waals surface area contributed by atoms with Crippen molar-refractivity contribution in [1.82, 2.24) is 4.57 Å². The van der Waals surface area contributed by atoms with Crippen molar-refractivity contribution in [3.63, 3.8) is 0 Å². The molecule has 1 aromatic carbocycles. The molecule has 1 amide bonds. The summed E-state index contributed by atoms with van der Waals surface area (Å²) in [6, 6.07) is 6.13. The van der Waals surface area contributed by atoms with Gasteiger partial charge in [-0.05, 0) is 48.6 Å². The molecule has 110 valence electrons. The molecule has 0 atom stereocenters. The van der Waals surface area contributed by atoms with Gasteiger partial charge in [0.1, 0.15) is 0 Å². The number of fused-ring (bicyclic) bond motifs is 1. The molecule has 0 radical (unpaired) electrons. The van der Waals surface area contributed by atoms with Crippen LogP contribution in [0.2, 0.25) is 0 Å². The summed E-state index contributed by atoms with van der Waals surface area (Å²) >= 11 is 0. The first kappa shape index (κ1) is 13.9. The predicted molar refractivity (Wildman–Crippen MR) is 87.6 cm³/mol. The highest BCUT2D eigenvalue weighted by Crippen LogP contribution is 2.37. The highest BCUT2D eigenvalue weighted by atomic mass is 16.1. The summed E-state index contributed by atoms with van der Waals surface area (Å²) in [5, 5.41) is 4.13. The van der Waals surface area contributed by atoms with Crippen molar-refractivity contribution in [2.45, 2.75) is 38.0 Å². The van der Waals surface area contributed by atoms with Crippen molar-refractivity contribution in [3.05, 3.63) is 42.6 Å². The van der Waals surface area contributed by atoms with Crippen LogP contribution in [0.3, 0.4) is 0 Å². The number of carbonyl (C=O) groups is 1. The number of benzene rings is 1. The van der Waals surface area contributed by atoms with Crippen LogP contribution in [-0.2, 0) is 11.8 Å². The van der Waals surface area contributed by atoms with Crippen LogP contribution >= 0.6 is 0 Å². The van der Waals surface area contributed by atoms with Gasteiger partial charge in [-0.1, -0.05) is 25.8 Å². The molecule has 3 heteroatoms. The van der Waals surface area contributed by atoms with Gasteiger partial charge in [0, 0.05) is 29.8 Å². The lowest BCUT2D eigenvalue weighted by atomic mass is 9.84. The average Bonchev–Trinajstić information content (AvgIpc) is 2.85. The van der Waals surface area contributed by atoms with Gasteiger partial charge in [0.25, 0.3) is 0 Å². The number of aryl methyl sites for hydroxylation is 1. The fourth-order valence-corrected chi connectivity index (χ4v) is 3.43. The second kappa shape index (κ2) is 5.76. The molecule has 1 aliphatic rings. The molecule has 1 aromatic heterocycles. The molecule has 0 unspecified atom stereocenters. The second-order valence-electron chi connectivity index (χ2n) is 5.96. The van der Waals surface area contributed by atoms with E-state index in [-0.39, 0.29) is 5.91 Å². The molecule has 3 rings (SSSR count). The highest BCUT2D eigenvalue weighted by molar-refractivity contribution is 6.00. The van der Waals surface area contributed by atoms with Gasteiger partial charge in [-0.3, -0.25) is 4.79 Å². The maximum absolute atomic E-state index is 11.5. The summed E-state index contributed by atoms with van der Waals surface area (Å²) in [4.78, 5) is 11.5. The Bertz CT molecular complexity index is 678. The Morgan fingerprint density at radius 3 is 2.81 bits per heavy atom. The number of anilines is 1. The quantitative estimate of drug-likeness (QED) is 0.834. The maximum Gasteiger partial charge on any atom is 0.247 e. The van der Waals surface area contributed by atoms with Crippen molar-refractivity contribution in [2.24, 2.45) is 7.05 Å². The van der Waals surface area contributed by atoms with Crippen LogP contribution in [0.25, 0.3) is 10.9 Å². The van der Waals surface area contributed by atoms with Gasteiger partial charge >= 0.3 is 0 Å². The third kappa shape index (κ3) is 2.73.